The smallest absolute Gasteiger partial charge is 0.119 e. The van der Waals surface area contributed by atoms with E-state index in [0.717, 1.165) is 18.2 Å². The number of nitrogens with zero attached hydrogens (tertiary/aromatic N) is 2. The minimum Gasteiger partial charge on any atom is -0.508 e. The Bertz CT molecular complexity index is 398. The van der Waals surface area contributed by atoms with Gasteiger partial charge in [-0.05, 0) is 83.2 Å². The maximum atomic E-state index is 9.22. The number of piperidine rings is 1. The molecule has 1 heterocycles. The van der Waals surface area contributed by atoms with E-state index in [4.69, 9.17) is 4.74 Å². The van der Waals surface area contributed by atoms with Crippen molar-refractivity contribution in [1.82, 2.24) is 9.80 Å². The molecular formula is C17H28N2O2. The molecule has 0 spiro atoms. The maximum Gasteiger partial charge on any atom is 0.119 e. The predicted octanol–water partition coefficient (Wildman–Crippen LogP) is 2.43. The monoisotopic (exact) mass is 292 g/mol. The molecule has 1 aromatic carbocycles. The van der Waals surface area contributed by atoms with Crippen LogP contribution >= 0.6 is 0 Å². The Kier molecular flexibility index (Phi) is 6.33. The van der Waals surface area contributed by atoms with Gasteiger partial charge < -0.3 is 14.7 Å². The van der Waals surface area contributed by atoms with Crippen LogP contribution in [-0.4, -0.2) is 61.8 Å². The molecular weight excluding hydrogens is 264 g/mol. The SMILES string of the molecule is CN(C)CCC1CCN(CCOc2ccc(O)cc2)CC1. The average Bonchev–Trinajstić information content (AvgIpc) is 2.48. The number of phenolic OH excluding ortho intramolecular Hbond substituents is 1. The van der Waals surface area contributed by atoms with Gasteiger partial charge in [-0.15, -0.1) is 0 Å². The Morgan fingerprint density at radius 3 is 2.48 bits per heavy atom. The van der Waals surface area contributed by atoms with E-state index in [0.29, 0.717) is 6.61 Å². The van der Waals surface area contributed by atoms with Crippen molar-refractivity contribution in [2.45, 2.75) is 19.3 Å². The minimum absolute atomic E-state index is 0.280. The molecule has 2 rings (SSSR count). The van der Waals surface area contributed by atoms with Gasteiger partial charge in [0.1, 0.15) is 18.1 Å². The molecule has 1 aliphatic heterocycles. The lowest BCUT2D eigenvalue weighted by Gasteiger charge is -2.32. The lowest BCUT2D eigenvalue weighted by atomic mass is 9.93. The summed E-state index contributed by atoms with van der Waals surface area (Å²) in [5, 5.41) is 9.22. The molecule has 0 unspecified atom stereocenters. The van der Waals surface area contributed by atoms with Crippen LogP contribution in [0.5, 0.6) is 11.5 Å². The number of hydrogen-bond acceptors (Lipinski definition) is 4. The zero-order chi connectivity index (χ0) is 15.1. The number of benzene rings is 1. The summed E-state index contributed by atoms with van der Waals surface area (Å²) >= 11 is 0. The lowest BCUT2D eigenvalue weighted by Crippen LogP contribution is -2.37. The van der Waals surface area contributed by atoms with Crippen molar-refractivity contribution in [2.75, 3.05) is 46.9 Å². The molecule has 0 aromatic heterocycles. The Balaban J connectivity index is 1.59. The van der Waals surface area contributed by atoms with Crippen molar-refractivity contribution in [3.05, 3.63) is 24.3 Å². The predicted molar refractivity (Wildman–Crippen MR) is 85.9 cm³/mol. The average molecular weight is 292 g/mol. The number of aromatic hydroxyl groups is 1. The van der Waals surface area contributed by atoms with Crippen LogP contribution in [0.1, 0.15) is 19.3 Å². The van der Waals surface area contributed by atoms with Crippen molar-refractivity contribution < 1.29 is 9.84 Å². The first-order chi connectivity index (χ1) is 10.1. The largest absolute Gasteiger partial charge is 0.508 e. The second-order valence-electron chi connectivity index (χ2n) is 6.22. The van der Waals surface area contributed by atoms with Crippen molar-refractivity contribution in [2.24, 2.45) is 5.92 Å². The van der Waals surface area contributed by atoms with Crippen LogP contribution < -0.4 is 4.74 Å². The summed E-state index contributed by atoms with van der Waals surface area (Å²) in [7, 11) is 4.30. The second-order valence-corrected chi connectivity index (χ2v) is 6.22. The first-order valence-electron chi connectivity index (χ1n) is 7.92. The third-order valence-electron chi connectivity index (χ3n) is 4.20. The molecule has 0 saturated carbocycles. The molecule has 1 N–H and O–H groups in total. The van der Waals surface area contributed by atoms with Crippen molar-refractivity contribution >= 4 is 0 Å². The molecule has 1 fully saturated rings. The van der Waals surface area contributed by atoms with E-state index in [2.05, 4.69) is 23.9 Å². The first kappa shape index (κ1) is 16.1. The normalized spacial score (nSPS) is 17.3. The van der Waals surface area contributed by atoms with Gasteiger partial charge in [-0.2, -0.15) is 0 Å². The fraction of sp³-hybridized carbons (Fsp3) is 0.647. The van der Waals surface area contributed by atoms with Gasteiger partial charge in [-0.1, -0.05) is 0 Å². The van der Waals surface area contributed by atoms with E-state index in [1.165, 1.54) is 38.9 Å². The molecule has 1 saturated heterocycles. The maximum absolute atomic E-state index is 9.22. The number of likely N-dealkylation sites (tertiary alicyclic amines) is 1. The highest BCUT2D eigenvalue weighted by Crippen LogP contribution is 2.20. The van der Waals surface area contributed by atoms with Crippen LogP contribution in [0.15, 0.2) is 24.3 Å². The third-order valence-corrected chi connectivity index (χ3v) is 4.20. The standard InChI is InChI=1S/C17H28N2O2/c1-18(2)10-7-15-8-11-19(12-9-15)13-14-21-17-5-3-16(20)4-6-17/h3-6,15,20H,7-14H2,1-2H3. The van der Waals surface area contributed by atoms with Gasteiger partial charge in [-0.3, -0.25) is 4.90 Å². The van der Waals surface area contributed by atoms with Crippen molar-refractivity contribution in [1.29, 1.82) is 0 Å². The molecule has 0 aliphatic carbocycles. The van der Waals surface area contributed by atoms with E-state index < -0.39 is 0 Å². The lowest BCUT2D eigenvalue weighted by molar-refractivity contribution is 0.147. The van der Waals surface area contributed by atoms with E-state index in [-0.39, 0.29) is 5.75 Å². The first-order valence-corrected chi connectivity index (χ1v) is 7.92. The summed E-state index contributed by atoms with van der Waals surface area (Å²) in [5.74, 6) is 2.00. The van der Waals surface area contributed by atoms with Gasteiger partial charge in [-0.25, -0.2) is 0 Å². The molecule has 0 amide bonds. The van der Waals surface area contributed by atoms with E-state index in [1.807, 2.05) is 12.1 Å². The van der Waals surface area contributed by atoms with Crippen LogP contribution in [-0.2, 0) is 0 Å². The highest BCUT2D eigenvalue weighted by molar-refractivity contribution is 5.29. The van der Waals surface area contributed by atoms with Gasteiger partial charge in [0.2, 0.25) is 0 Å². The van der Waals surface area contributed by atoms with Gasteiger partial charge in [0.25, 0.3) is 0 Å². The second kappa shape index (κ2) is 8.25. The molecule has 118 valence electrons. The van der Waals surface area contributed by atoms with Gasteiger partial charge >= 0.3 is 0 Å². The molecule has 1 aromatic rings. The van der Waals surface area contributed by atoms with E-state index in [9.17, 15) is 5.11 Å². The number of rotatable bonds is 7. The molecule has 0 bridgehead atoms. The Morgan fingerprint density at radius 1 is 1.19 bits per heavy atom. The van der Waals surface area contributed by atoms with Crippen LogP contribution in [0.4, 0.5) is 0 Å². The van der Waals surface area contributed by atoms with Crippen LogP contribution in [0.25, 0.3) is 0 Å². The molecule has 4 heteroatoms. The summed E-state index contributed by atoms with van der Waals surface area (Å²) in [6.07, 6.45) is 3.95. The van der Waals surface area contributed by atoms with Crippen LogP contribution in [0.3, 0.4) is 0 Å². The van der Waals surface area contributed by atoms with E-state index >= 15 is 0 Å². The Hall–Kier alpha value is -1.26. The number of phenols is 1. The molecule has 4 nitrogen and oxygen atoms in total. The van der Waals surface area contributed by atoms with E-state index in [1.54, 1.807) is 12.1 Å². The summed E-state index contributed by atoms with van der Waals surface area (Å²) in [6.45, 7) is 5.29. The third kappa shape index (κ3) is 5.94. The zero-order valence-corrected chi connectivity index (χ0v) is 13.3. The highest BCUT2D eigenvalue weighted by Gasteiger charge is 2.18. The molecule has 0 atom stereocenters. The quantitative estimate of drug-likeness (QED) is 0.837. The van der Waals surface area contributed by atoms with Crippen LogP contribution in [0, 0.1) is 5.92 Å². The fourth-order valence-corrected chi connectivity index (χ4v) is 2.77. The Labute approximate surface area is 128 Å². The van der Waals surface area contributed by atoms with Crippen molar-refractivity contribution in [3.63, 3.8) is 0 Å². The summed E-state index contributed by atoms with van der Waals surface area (Å²) in [4.78, 5) is 4.77. The van der Waals surface area contributed by atoms with Gasteiger partial charge in [0, 0.05) is 6.54 Å². The molecule has 1 aliphatic rings. The minimum atomic E-state index is 0.280. The van der Waals surface area contributed by atoms with Crippen molar-refractivity contribution in [3.8, 4) is 11.5 Å². The topological polar surface area (TPSA) is 35.9 Å². The fourth-order valence-electron chi connectivity index (χ4n) is 2.77. The summed E-state index contributed by atoms with van der Waals surface area (Å²) < 4.78 is 5.71. The highest BCUT2D eigenvalue weighted by atomic mass is 16.5. The van der Waals surface area contributed by atoms with Gasteiger partial charge in [0.15, 0.2) is 0 Å². The van der Waals surface area contributed by atoms with Gasteiger partial charge in [0.05, 0.1) is 0 Å². The molecule has 0 radical (unpaired) electrons. The number of ether oxygens (including phenoxy) is 1. The zero-order valence-electron chi connectivity index (χ0n) is 13.3. The number of hydrogen-bond donors (Lipinski definition) is 1. The van der Waals surface area contributed by atoms with Crippen LogP contribution in [0.2, 0.25) is 0 Å². The molecule has 21 heavy (non-hydrogen) atoms. The summed E-state index contributed by atoms with van der Waals surface area (Å²) in [5.41, 5.74) is 0. The Morgan fingerprint density at radius 2 is 1.86 bits per heavy atom. The summed E-state index contributed by atoms with van der Waals surface area (Å²) in [6, 6.07) is 6.93.